The van der Waals surface area contributed by atoms with Gasteiger partial charge in [-0.25, -0.2) is 0 Å². The summed E-state index contributed by atoms with van der Waals surface area (Å²) in [4.78, 5) is 0. The molecule has 0 bridgehead atoms. The Morgan fingerprint density at radius 3 is 3.06 bits per heavy atom. The summed E-state index contributed by atoms with van der Waals surface area (Å²) in [5.41, 5.74) is 1.32. The van der Waals surface area contributed by atoms with Crippen molar-refractivity contribution in [3.05, 3.63) is 18.0 Å². The van der Waals surface area contributed by atoms with Gasteiger partial charge >= 0.3 is 0 Å². The fourth-order valence-corrected chi connectivity index (χ4v) is 3.80. The van der Waals surface area contributed by atoms with Gasteiger partial charge in [-0.2, -0.15) is 16.9 Å². The zero-order chi connectivity index (χ0) is 11.4. The minimum Gasteiger partial charge on any atom is -0.308 e. The Bertz CT molecular complexity index is 318. The first-order chi connectivity index (χ1) is 7.83. The Labute approximate surface area is 102 Å². The predicted octanol–water partition coefficient (Wildman–Crippen LogP) is 2.36. The lowest BCUT2D eigenvalue weighted by atomic mass is 10.0. The number of aryl methyl sites for hydroxylation is 1. The van der Waals surface area contributed by atoms with Crippen molar-refractivity contribution in [2.45, 2.75) is 37.5 Å². The van der Waals surface area contributed by atoms with Crippen molar-refractivity contribution in [3.63, 3.8) is 0 Å². The van der Waals surface area contributed by atoms with Gasteiger partial charge in [0.15, 0.2) is 0 Å². The van der Waals surface area contributed by atoms with Gasteiger partial charge in [0.1, 0.15) is 0 Å². The van der Waals surface area contributed by atoms with E-state index in [1.165, 1.54) is 30.7 Å². The predicted molar refractivity (Wildman–Crippen MR) is 69.7 cm³/mol. The molecule has 90 valence electrons. The van der Waals surface area contributed by atoms with Gasteiger partial charge in [0.2, 0.25) is 0 Å². The molecular formula is C12H21N3S. The highest BCUT2D eigenvalue weighted by Gasteiger charge is 2.26. The summed E-state index contributed by atoms with van der Waals surface area (Å²) < 4.78 is 2.00. The van der Waals surface area contributed by atoms with E-state index in [-0.39, 0.29) is 0 Å². The molecule has 0 radical (unpaired) electrons. The number of hydrogen-bond acceptors (Lipinski definition) is 3. The molecule has 0 saturated carbocycles. The number of rotatable bonds is 4. The van der Waals surface area contributed by atoms with E-state index in [1.807, 2.05) is 17.9 Å². The second-order valence-electron chi connectivity index (χ2n) is 4.32. The molecule has 3 nitrogen and oxygen atoms in total. The molecule has 1 aromatic heterocycles. The second kappa shape index (κ2) is 5.73. The van der Waals surface area contributed by atoms with Crippen LogP contribution in [0.2, 0.25) is 0 Å². The molecule has 1 N–H and O–H groups in total. The van der Waals surface area contributed by atoms with Gasteiger partial charge in [0.25, 0.3) is 0 Å². The molecule has 1 fully saturated rings. The molecule has 1 aromatic rings. The molecule has 4 heteroatoms. The van der Waals surface area contributed by atoms with Gasteiger partial charge in [-0.05, 0) is 31.2 Å². The number of hydrogen-bond donors (Lipinski definition) is 1. The van der Waals surface area contributed by atoms with Crippen LogP contribution in [0.3, 0.4) is 0 Å². The highest BCUT2D eigenvalue weighted by molar-refractivity contribution is 8.00. The van der Waals surface area contributed by atoms with Crippen molar-refractivity contribution in [3.8, 4) is 0 Å². The smallest absolute Gasteiger partial charge is 0.0612 e. The molecule has 0 aromatic carbocycles. The lowest BCUT2D eigenvalue weighted by molar-refractivity contribution is 0.463. The summed E-state index contributed by atoms with van der Waals surface area (Å²) >= 11 is 2.11. The normalized spacial score (nSPS) is 23.2. The van der Waals surface area contributed by atoms with E-state index in [1.54, 1.807) is 0 Å². The van der Waals surface area contributed by atoms with Crippen molar-refractivity contribution in [1.82, 2.24) is 15.1 Å². The molecule has 2 atom stereocenters. The van der Waals surface area contributed by atoms with Crippen LogP contribution in [0.25, 0.3) is 0 Å². The third-order valence-electron chi connectivity index (χ3n) is 3.19. The molecule has 0 amide bonds. The van der Waals surface area contributed by atoms with Crippen LogP contribution in [0, 0.1) is 0 Å². The lowest BCUT2D eigenvalue weighted by Crippen LogP contribution is -2.33. The highest BCUT2D eigenvalue weighted by Crippen LogP contribution is 2.34. The number of nitrogens with one attached hydrogen (secondary N) is 1. The maximum atomic E-state index is 4.28. The second-order valence-corrected chi connectivity index (χ2v) is 5.67. The molecule has 2 heterocycles. The SMILES string of the molecule is CCNC(c1ccnn1C)C1CCCCS1. The van der Waals surface area contributed by atoms with E-state index >= 15 is 0 Å². The standard InChI is InChI=1S/C12H21N3S/c1-3-13-12(10-7-8-14-15(10)2)11-6-4-5-9-16-11/h7-8,11-13H,3-6,9H2,1-2H3. The summed E-state index contributed by atoms with van der Waals surface area (Å²) in [7, 11) is 2.03. The van der Waals surface area contributed by atoms with Crippen molar-refractivity contribution in [2.75, 3.05) is 12.3 Å². The summed E-state index contributed by atoms with van der Waals surface area (Å²) in [6, 6.07) is 2.60. The van der Waals surface area contributed by atoms with Gasteiger partial charge < -0.3 is 5.32 Å². The summed E-state index contributed by atoms with van der Waals surface area (Å²) in [5.74, 6) is 1.31. The van der Waals surface area contributed by atoms with Gasteiger partial charge in [0, 0.05) is 18.5 Å². The first-order valence-corrected chi connectivity index (χ1v) is 7.20. The summed E-state index contributed by atoms with van der Waals surface area (Å²) in [6.45, 7) is 3.20. The molecule has 0 aliphatic carbocycles. The molecule has 1 aliphatic heterocycles. The monoisotopic (exact) mass is 239 g/mol. The van der Waals surface area contributed by atoms with Crippen molar-refractivity contribution in [2.24, 2.45) is 7.05 Å². The topological polar surface area (TPSA) is 29.9 Å². The van der Waals surface area contributed by atoms with E-state index < -0.39 is 0 Å². The van der Waals surface area contributed by atoms with Crippen LogP contribution in [0.15, 0.2) is 12.3 Å². The quantitative estimate of drug-likeness (QED) is 0.875. The Morgan fingerprint density at radius 2 is 2.50 bits per heavy atom. The Balaban J connectivity index is 2.12. The van der Waals surface area contributed by atoms with E-state index in [0.29, 0.717) is 11.3 Å². The lowest BCUT2D eigenvalue weighted by Gasteiger charge is -2.30. The molecule has 0 spiro atoms. The average molecular weight is 239 g/mol. The van der Waals surface area contributed by atoms with Crippen LogP contribution in [0.4, 0.5) is 0 Å². The van der Waals surface area contributed by atoms with E-state index in [4.69, 9.17) is 0 Å². The maximum absolute atomic E-state index is 4.28. The minimum absolute atomic E-state index is 0.461. The van der Waals surface area contributed by atoms with Crippen molar-refractivity contribution < 1.29 is 0 Å². The third-order valence-corrected chi connectivity index (χ3v) is 4.65. The van der Waals surface area contributed by atoms with Crippen LogP contribution in [-0.4, -0.2) is 27.3 Å². The molecule has 2 unspecified atom stereocenters. The zero-order valence-electron chi connectivity index (χ0n) is 10.1. The van der Waals surface area contributed by atoms with Gasteiger partial charge in [-0.15, -0.1) is 0 Å². The van der Waals surface area contributed by atoms with Gasteiger partial charge in [0.05, 0.1) is 11.7 Å². The largest absolute Gasteiger partial charge is 0.308 e. The number of nitrogens with zero attached hydrogens (tertiary/aromatic N) is 2. The molecule has 16 heavy (non-hydrogen) atoms. The first kappa shape index (κ1) is 12.0. The van der Waals surface area contributed by atoms with Crippen LogP contribution in [0.5, 0.6) is 0 Å². The molecular weight excluding hydrogens is 218 g/mol. The number of aromatic nitrogens is 2. The Kier molecular flexibility index (Phi) is 4.29. The first-order valence-electron chi connectivity index (χ1n) is 6.15. The molecule has 1 aliphatic rings. The van der Waals surface area contributed by atoms with Gasteiger partial charge in [-0.3, -0.25) is 4.68 Å². The maximum Gasteiger partial charge on any atom is 0.0612 e. The molecule has 1 saturated heterocycles. The van der Waals surface area contributed by atoms with Crippen molar-refractivity contribution >= 4 is 11.8 Å². The number of thioether (sulfide) groups is 1. The van der Waals surface area contributed by atoms with E-state index in [0.717, 1.165) is 6.54 Å². The minimum atomic E-state index is 0.461. The van der Waals surface area contributed by atoms with E-state index in [9.17, 15) is 0 Å². The zero-order valence-corrected chi connectivity index (χ0v) is 11.0. The Hall–Kier alpha value is -0.480. The summed E-state index contributed by atoms with van der Waals surface area (Å²) in [5, 5.41) is 8.61. The van der Waals surface area contributed by atoms with Crippen molar-refractivity contribution in [1.29, 1.82) is 0 Å². The summed E-state index contributed by atoms with van der Waals surface area (Å²) in [6.07, 6.45) is 5.98. The van der Waals surface area contributed by atoms with Crippen LogP contribution >= 0.6 is 11.8 Å². The third kappa shape index (κ3) is 2.61. The fourth-order valence-electron chi connectivity index (χ4n) is 2.36. The van der Waals surface area contributed by atoms with Gasteiger partial charge in [-0.1, -0.05) is 13.3 Å². The Morgan fingerprint density at radius 1 is 1.62 bits per heavy atom. The molecule has 2 rings (SSSR count). The van der Waals surface area contributed by atoms with Crippen LogP contribution < -0.4 is 5.32 Å². The highest BCUT2D eigenvalue weighted by atomic mass is 32.2. The fraction of sp³-hybridized carbons (Fsp3) is 0.750. The van der Waals surface area contributed by atoms with E-state index in [2.05, 4.69) is 35.2 Å². The average Bonchev–Trinajstić information content (AvgIpc) is 2.73. The van der Waals surface area contributed by atoms with Crippen LogP contribution in [0.1, 0.15) is 37.9 Å². The van der Waals surface area contributed by atoms with Crippen LogP contribution in [-0.2, 0) is 7.05 Å².